The van der Waals surface area contributed by atoms with Gasteiger partial charge >= 0.3 is 5.97 Å². The number of anilines is 1. The third-order valence-corrected chi connectivity index (χ3v) is 2.87. The monoisotopic (exact) mass is 313 g/mol. The lowest BCUT2D eigenvalue weighted by Gasteiger charge is -2.17. The molecular formula is C13H16BrNO3. The maximum Gasteiger partial charge on any atom is 0.335 e. The number of carboxylic acids is 1. The van der Waals surface area contributed by atoms with Crippen molar-refractivity contribution >= 4 is 33.5 Å². The van der Waals surface area contributed by atoms with Crippen LogP contribution in [0.3, 0.4) is 0 Å². The molecule has 0 aliphatic carbocycles. The molecule has 0 aliphatic heterocycles. The summed E-state index contributed by atoms with van der Waals surface area (Å²) in [7, 11) is 0. The minimum Gasteiger partial charge on any atom is -0.478 e. The molecule has 1 amide bonds. The Labute approximate surface area is 115 Å². The van der Waals surface area contributed by atoms with E-state index in [1.54, 1.807) is 6.07 Å². The van der Waals surface area contributed by atoms with E-state index >= 15 is 0 Å². The van der Waals surface area contributed by atoms with Crippen LogP contribution in [-0.2, 0) is 4.79 Å². The number of benzene rings is 1. The standard InChI is InChI=1S/C13H16BrNO3/c1-13(2,3)7-11(16)15-10-6-8(12(17)18)4-5-9(10)14/h4-6H,7H2,1-3H3,(H,15,16)(H,17,18). The first-order valence-electron chi connectivity index (χ1n) is 5.52. The third kappa shape index (κ3) is 4.49. The topological polar surface area (TPSA) is 66.4 Å². The van der Waals surface area contributed by atoms with E-state index < -0.39 is 5.97 Å². The summed E-state index contributed by atoms with van der Waals surface area (Å²) >= 11 is 3.28. The van der Waals surface area contributed by atoms with Crippen LogP contribution in [0, 0.1) is 5.41 Å². The van der Waals surface area contributed by atoms with Crippen LogP contribution < -0.4 is 5.32 Å². The zero-order valence-electron chi connectivity index (χ0n) is 10.6. The van der Waals surface area contributed by atoms with Gasteiger partial charge in [-0.1, -0.05) is 20.8 Å². The fraction of sp³-hybridized carbons (Fsp3) is 0.385. The lowest BCUT2D eigenvalue weighted by atomic mass is 9.92. The fourth-order valence-electron chi connectivity index (χ4n) is 1.43. The van der Waals surface area contributed by atoms with Crippen molar-refractivity contribution in [1.29, 1.82) is 0 Å². The van der Waals surface area contributed by atoms with Crippen molar-refractivity contribution in [3.05, 3.63) is 28.2 Å². The molecule has 0 saturated carbocycles. The SMILES string of the molecule is CC(C)(C)CC(=O)Nc1cc(C(=O)O)ccc1Br. The molecule has 1 aromatic carbocycles. The van der Waals surface area contributed by atoms with E-state index in [1.165, 1.54) is 12.1 Å². The van der Waals surface area contributed by atoms with E-state index in [0.29, 0.717) is 16.6 Å². The van der Waals surface area contributed by atoms with Crippen molar-refractivity contribution in [3.8, 4) is 0 Å². The molecule has 2 N–H and O–H groups in total. The summed E-state index contributed by atoms with van der Waals surface area (Å²) < 4.78 is 0.662. The fourth-order valence-corrected chi connectivity index (χ4v) is 1.78. The average molecular weight is 314 g/mol. The van der Waals surface area contributed by atoms with Crippen molar-refractivity contribution in [3.63, 3.8) is 0 Å². The van der Waals surface area contributed by atoms with Crippen LogP contribution in [0.15, 0.2) is 22.7 Å². The van der Waals surface area contributed by atoms with Crippen LogP contribution >= 0.6 is 15.9 Å². The Morgan fingerprint density at radius 3 is 2.44 bits per heavy atom. The summed E-state index contributed by atoms with van der Waals surface area (Å²) in [6, 6.07) is 4.52. The molecule has 0 spiro atoms. The molecule has 18 heavy (non-hydrogen) atoms. The molecule has 1 rings (SSSR count). The molecule has 0 atom stereocenters. The van der Waals surface area contributed by atoms with Gasteiger partial charge in [0.2, 0.25) is 5.91 Å². The zero-order valence-corrected chi connectivity index (χ0v) is 12.2. The predicted octanol–water partition coefficient (Wildman–Crippen LogP) is 3.52. The molecule has 0 bridgehead atoms. The minimum atomic E-state index is -1.02. The molecule has 0 fully saturated rings. The molecule has 4 nitrogen and oxygen atoms in total. The van der Waals surface area contributed by atoms with Crippen molar-refractivity contribution in [2.24, 2.45) is 5.41 Å². The number of nitrogens with one attached hydrogen (secondary N) is 1. The lowest BCUT2D eigenvalue weighted by Crippen LogP contribution is -2.20. The number of hydrogen-bond acceptors (Lipinski definition) is 2. The lowest BCUT2D eigenvalue weighted by molar-refractivity contribution is -0.117. The Kier molecular flexibility index (Phi) is 4.51. The highest BCUT2D eigenvalue weighted by atomic mass is 79.9. The third-order valence-electron chi connectivity index (χ3n) is 2.18. The van der Waals surface area contributed by atoms with Gasteiger partial charge in [-0.25, -0.2) is 4.79 Å². The number of amides is 1. The molecule has 0 aliphatic rings. The second kappa shape index (κ2) is 5.52. The first-order valence-corrected chi connectivity index (χ1v) is 6.31. The Morgan fingerprint density at radius 1 is 1.33 bits per heavy atom. The molecule has 1 aromatic rings. The molecule has 0 heterocycles. The molecule has 5 heteroatoms. The van der Waals surface area contributed by atoms with E-state index in [9.17, 15) is 9.59 Å². The number of carbonyl (C=O) groups is 2. The second-order valence-electron chi connectivity index (χ2n) is 5.29. The highest BCUT2D eigenvalue weighted by Crippen LogP contribution is 2.25. The van der Waals surface area contributed by atoms with Gasteiger partial charge < -0.3 is 10.4 Å². The van der Waals surface area contributed by atoms with E-state index in [1.807, 2.05) is 20.8 Å². The average Bonchev–Trinajstić information content (AvgIpc) is 2.18. The predicted molar refractivity (Wildman–Crippen MR) is 73.8 cm³/mol. The summed E-state index contributed by atoms with van der Waals surface area (Å²) in [5.41, 5.74) is 0.509. The number of rotatable bonds is 3. The first-order chi connectivity index (χ1) is 8.19. The van der Waals surface area contributed by atoms with E-state index in [-0.39, 0.29) is 16.9 Å². The maximum atomic E-state index is 11.8. The minimum absolute atomic E-state index is 0.110. The van der Waals surface area contributed by atoms with Gasteiger partial charge in [0.05, 0.1) is 11.3 Å². The highest BCUT2D eigenvalue weighted by Gasteiger charge is 2.17. The van der Waals surface area contributed by atoms with Crippen LogP contribution in [0.1, 0.15) is 37.6 Å². The van der Waals surface area contributed by atoms with E-state index in [2.05, 4.69) is 21.2 Å². The number of aromatic carboxylic acids is 1. The Balaban J connectivity index is 2.87. The van der Waals surface area contributed by atoms with Crippen molar-refractivity contribution in [2.75, 3.05) is 5.32 Å². The first kappa shape index (κ1) is 14.7. The zero-order chi connectivity index (χ0) is 13.9. The van der Waals surface area contributed by atoms with Gasteiger partial charge in [-0.2, -0.15) is 0 Å². The van der Waals surface area contributed by atoms with E-state index in [0.717, 1.165) is 0 Å². The summed E-state index contributed by atoms with van der Waals surface area (Å²) in [4.78, 5) is 22.6. The molecule has 98 valence electrons. The number of hydrogen-bond donors (Lipinski definition) is 2. The second-order valence-corrected chi connectivity index (χ2v) is 6.14. The Morgan fingerprint density at radius 2 is 1.94 bits per heavy atom. The van der Waals surface area contributed by atoms with Gasteiger partial charge in [0, 0.05) is 10.9 Å². The molecule has 0 radical (unpaired) electrons. The highest BCUT2D eigenvalue weighted by molar-refractivity contribution is 9.10. The quantitative estimate of drug-likeness (QED) is 0.897. The largest absolute Gasteiger partial charge is 0.478 e. The van der Waals surface area contributed by atoms with E-state index in [4.69, 9.17) is 5.11 Å². The van der Waals surface area contributed by atoms with Crippen molar-refractivity contribution < 1.29 is 14.7 Å². The summed E-state index contributed by atoms with van der Waals surface area (Å²) in [6.07, 6.45) is 0.372. The summed E-state index contributed by atoms with van der Waals surface area (Å²) in [5.74, 6) is -1.15. The number of carbonyl (C=O) groups excluding carboxylic acids is 1. The van der Waals surface area contributed by atoms with Crippen LogP contribution in [0.2, 0.25) is 0 Å². The van der Waals surface area contributed by atoms with Gasteiger partial charge in [0.25, 0.3) is 0 Å². The van der Waals surface area contributed by atoms with Crippen LogP contribution in [0.5, 0.6) is 0 Å². The smallest absolute Gasteiger partial charge is 0.335 e. The normalized spacial score (nSPS) is 11.1. The maximum absolute atomic E-state index is 11.8. The van der Waals surface area contributed by atoms with Gasteiger partial charge in [-0.3, -0.25) is 4.79 Å². The van der Waals surface area contributed by atoms with Crippen LogP contribution in [0.25, 0.3) is 0 Å². The number of carboxylic acid groups (broad SMARTS) is 1. The molecule has 0 unspecified atom stereocenters. The van der Waals surface area contributed by atoms with Gasteiger partial charge in [-0.15, -0.1) is 0 Å². The van der Waals surface area contributed by atoms with Gasteiger partial charge in [0.1, 0.15) is 0 Å². The Bertz CT molecular complexity index is 478. The molecular weight excluding hydrogens is 298 g/mol. The number of halogens is 1. The molecule has 0 aromatic heterocycles. The van der Waals surface area contributed by atoms with Gasteiger partial charge in [-0.05, 0) is 39.5 Å². The van der Waals surface area contributed by atoms with Crippen LogP contribution in [0.4, 0.5) is 5.69 Å². The van der Waals surface area contributed by atoms with Crippen molar-refractivity contribution in [1.82, 2.24) is 0 Å². The van der Waals surface area contributed by atoms with Crippen LogP contribution in [-0.4, -0.2) is 17.0 Å². The molecule has 0 saturated heterocycles. The summed E-state index contributed by atoms with van der Waals surface area (Å²) in [5, 5.41) is 11.6. The Hall–Kier alpha value is -1.36. The van der Waals surface area contributed by atoms with Gasteiger partial charge in [0.15, 0.2) is 0 Å². The van der Waals surface area contributed by atoms with Crippen molar-refractivity contribution in [2.45, 2.75) is 27.2 Å². The summed E-state index contributed by atoms with van der Waals surface area (Å²) in [6.45, 7) is 5.90.